The van der Waals surface area contributed by atoms with Crippen molar-refractivity contribution < 1.29 is 4.74 Å². The Morgan fingerprint density at radius 3 is 2.72 bits per heavy atom. The molecule has 0 amide bonds. The van der Waals surface area contributed by atoms with E-state index in [9.17, 15) is 0 Å². The summed E-state index contributed by atoms with van der Waals surface area (Å²) in [6.07, 6.45) is 2.40. The lowest BCUT2D eigenvalue weighted by molar-refractivity contribution is 0.237. The van der Waals surface area contributed by atoms with Gasteiger partial charge in [0.1, 0.15) is 5.75 Å². The highest BCUT2D eigenvalue weighted by molar-refractivity contribution is 5.20. The lowest BCUT2D eigenvalue weighted by Crippen LogP contribution is -2.30. The number of hydrogen-bond acceptors (Lipinski definition) is 3. The normalized spacial score (nSPS) is 18.5. The Kier molecular flexibility index (Phi) is 5.49. The molecule has 0 spiro atoms. The fourth-order valence-corrected chi connectivity index (χ4v) is 2.32. The molecule has 1 saturated heterocycles. The van der Waals surface area contributed by atoms with Crippen LogP contribution in [0.4, 0.5) is 0 Å². The number of likely N-dealkylation sites (N-methyl/N-ethyl adjacent to an activating group) is 1. The number of benzene rings is 1. The van der Waals surface area contributed by atoms with Gasteiger partial charge in [-0.15, -0.1) is 0 Å². The summed E-state index contributed by atoms with van der Waals surface area (Å²) in [6.45, 7) is 6.82. The third kappa shape index (κ3) is 4.67. The maximum Gasteiger partial charge on any atom is 0.119 e. The van der Waals surface area contributed by atoms with Crippen LogP contribution in [0.5, 0.6) is 5.75 Å². The largest absolute Gasteiger partial charge is 0.494 e. The highest BCUT2D eigenvalue weighted by Crippen LogP contribution is 2.09. The van der Waals surface area contributed by atoms with Crippen LogP contribution < -0.4 is 4.74 Å². The van der Waals surface area contributed by atoms with Crippen molar-refractivity contribution in [2.75, 3.05) is 46.4 Å². The minimum absolute atomic E-state index is 0.816. The molecule has 18 heavy (non-hydrogen) atoms. The molecule has 0 aromatic heterocycles. The molecule has 1 aliphatic rings. The van der Waals surface area contributed by atoms with E-state index in [-0.39, 0.29) is 0 Å². The molecule has 1 aromatic carbocycles. The van der Waals surface area contributed by atoms with E-state index >= 15 is 0 Å². The van der Waals surface area contributed by atoms with Gasteiger partial charge < -0.3 is 14.5 Å². The predicted molar refractivity (Wildman–Crippen MR) is 75.1 cm³/mol. The Hall–Kier alpha value is -1.06. The molecule has 0 bridgehead atoms. The van der Waals surface area contributed by atoms with Gasteiger partial charge in [-0.2, -0.15) is 0 Å². The van der Waals surface area contributed by atoms with Crippen molar-refractivity contribution in [1.29, 1.82) is 0 Å². The molecule has 3 heteroatoms. The van der Waals surface area contributed by atoms with Gasteiger partial charge in [0.25, 0.3) is 0 Å². The lowest BCUT2D eigenvalue weighted by atomic mass is 10.3. The molecule has 1 aromatic rings. The van der Waals surface area contributed by atoms with Crippen molar-refractivity contribution in [2.45, 2.75) is 12.8 Å². The van der Waals surface area contributed by atoms with Crippen LogP contribution in [-0.4, -0.2) is 56.2 Å². The molecule has 2 rings (SSSR count). The summed E-state index contributed by atoms with van der Waals surface area (Å²) >= 11 is 0. The summed E-state index contributed by atoms with van der Waals surface area (Å²) in [5, 5.41) is 0. The summed E-state index contributed by atoms with van der Waals surface area (Å²) in [6, 6.07) is 10.1. The molecular weight excluding hydrogens is 224 g/mol. The lowest BCUT2D eigenvalue weighted by Gasteiger charge is -2.19. The summed E-state index contributed by atoms with van der Waals surface area (Å²) < 4.78 is 5.71. The third-order valence-electron chi connectivity index (χ3n) is 3.44. The number of nitrogens with zero attached hydrogens (tertiary/aromatic N) is 2. The van der Waals surface area contributed by atoms with E-state index in [0.29, 0.717) is 0 Å². The Morgan fingerprint density at radius 1 is 1.06 bits per heavy atom. The Labute approximate surface area is 110 Å². The van der Waals surface area contributed by atoms with Gasteiger partial charge in [0.05, 0.1) is 6.61 Å². The first-order valence-electron chi connectivity index (χ1n) is 6.93. The summed E-state index contributed by atoms with van der Waals surface area (Å²) in [5.74, 6) is 0.980. The zero-order valence-electron chi connectivity index (χ0n) is 11.3. The van der Waals surface area contributed by atoms with Gasteiger partial charge in [0.2, 0.25) is 0 Å². The quantitative estimate of drug-likeness (QED) is 0.742. The van der Waals surface area contributed by atoms with Crippen LogP contribution in [-0.2, 0) is 0 Å². The van der Waals surface area contributed by atoms with Crippen molar-refractivity contribution in [3.8, 4) is 5.75 Å². The average molecular weight is 248 g/mol. The van der Waals surface area contributed by atoms with Crippen molar-refractivity contribution in [2.24, 2.45) is 0 Å². The Balaban J connectivity index is 1.60. The number of rotatable bonds is 5. The first kappa shape index (κ1) is 13.4. The zero-order chi connectivity index (χ0) is 12.6. The fourth-order valence-electron chi connectivity index (χ4n) is 2.32. The molecule has 1 aliphatic heterocycles. The van der Waals surface area contributed by atoms with Gasteiger partial charge >= 0.3 is 0 Å². The summed E-state index contributed by atoms with van der Waals surface area (Å²) in [5.41, 5.74) is 0. The van der Waals surface area contributed by atoms with Gasteiger partial charge in [0.15, 0.2) is 0 Å². The standard InChI is InChI=1S/C15H24N2O/c1-16-9-5-10-17(13-12-16)11-6-14-18-15-7-3-2-4-8-15/h2-4,7-8H,5-6,9-14H2,1H3. The summed E-state index contributed by atoms with van der Waals surface area (Å²) in [7, 11) is 2.21. The molecule has 0 radical (unpaired) electrons. The fraction of sp³-hybridized carbons (Fsp3) is 0.600. The molecule has 0 atom stereocenters. The van der Waals surface area contributed by atoms with E-state index in [0.717, 1.165) is 25.3 Å². The van der Waals surface area contributed by atoms with Crippen LogP contribution in [0.2, 0.25) is 0 Å². The van der Waals surface area contributed by atoms with Crippen LogP contribution >= 0.6 is 0 Å². The van der Waals surface area contributed by atoms with Crippen LogP contribution in [0.3, 0.4) is 0 Å². The highest BCUT2D eigenvalue weighted by atomic mass is 16.5. The molecule has 0 saturated carbocycles. The number of hydrogen-bond donors (Lipinski definition) is 0. The summed E-state index contributed by atoms with van der Waals surface area (Å²) in [4.78, 5) is 4.97. The predicted octanol–water partition coefficient (Wildman–Crippen LogP) is 2.09. The smallest absolute Gasteiger partial charge is 0.119 e. The van der Waals surface area contributed by atoms with Crippen LogP contribution in [0, 0.1) is 0 Å². The van der Waals surface area contributed by atoms with E-state index < -0.39 is 0 Å². The van der Waals surface area contributed by atoms with E-state index in [1.807, 2.05) is 30.3 Å². The van der Waals surface area contributed by atoms with E-state index in [1.165, 1.54) is 32.6 Å². The molecule has 0 unspecified atom stereocenters. The van der Waals surface area contributed by atoms with Crippen molar-refractivity contribution in [3.63, 3.8) is 0 Å². The first-order valence-corrected chi connectivity index (χ1v) is 6.93. The third-order valence-corrected chi connectivity index (χ3v) is 3.44. The van der Waals surface area contributed by atoms with Gasteiger partial charge in [-0.3, -0.25) is 0 Å². The monoisotopic (exact) mass is 248 g/mol. The topological polar surface area (TPSA) is 15.7 Å². The highest BCUT2D eigenvalue weighted by Gasteiger charge is 2.11. The Bertz CT molecular complexity index is 329. The molecule has 1 fully saturated rings. The van der Waals surface area contributed by atoms with Crippen molar-refractivity contribution in [1.82, 2.24) is 9.80 Å². The van der Waals surface area contributed by atoms with Gasteiger partial charge in [0, 0.05) is 19.6 Å². The van der Waals surface area contributed by atoms with Crippen molar-refractivity contribution in [3.05, 3.63) is 30.3 Å². The number of ether oxygens (including phenoxy) is 1. The maximum atomic E-state index is 5.71. The second-order valence-corrected chi connectivity index (χ2v) is 5.01. The molecule has 3 nitrogen and oxygen atoms in total. The Morgan fingerprint density at radius 2 is 1.89 bits per heavy atom. The molecule has 0 aliphatic carbocycles. The minimum atomic E-state index is 0.816. The average Bonchev–Trinajstić information content (AvgIpc) is 2.61. The van der Waals surface area contributed by atoms with Crippen LogP contribution in [0.25, 0.3) is 0 Å². The first-order chi connectivity index (χ1) is 8.84. The van der Waals surface area contributed by atoms with E-state index in [2.05, 4.69) is 16.8 Å². The van der Waals surface area contributed by atoms with Crippen LogP contribution in [0.1, 0.15) is 12.8 Å². The van der Waals surface area contributed by atoms with Gasteiger partial charge in [-0.05, 0) is 45.1 Å². The van der Waals surface area contributed by atoms with Gasteiger partial charge in [-0.25, -0.2) is 0 Å². The second-order valence-electron chi connectivity index (χ2n) is 5.01. The maximum absolute atomic E-state index is 5.71. The SMILES string of the molecule is CN1CCCN(CCCOc2ccccc2)CC1. The van der Waals surface area contributed by atoms with Gasteiger partial charge in [-0.1, -0.05) is 18.2 Å². The van der Waals surface area contributed by atoms with E-state index in [4.69, 9.17) is 4.74 Å². The van der Waals surface area contributed by atoms with Crippen molar-refractivity contribution >= 4 is 0 Å². The molecular formula is C15H24N2O. The number of para-hydroxylation sites is 1. The van der Waals surface area contributed by atoms with Crippen LogP contribution in [0.15, 0.2) is 30.3 Å². The molecule has 100 valence electrons. The molecule has 0 N–H and O–H groups in total. The van der Waals surface area contributed by atoms with E-state index in [1.54, 1.807) is 0 Å². The molecule has 1 heterocycles. The second kappa shape index (κ2) is 7.39. The zero-order valence-corrected chi connectivity index (χ0v) is 11.3. The minimum Gasteiger partial charge on any atom is -0.494 e.